The van der Waals surface area contributed by atoms with Gasteiger partial charge in [0.15, 0.2) is 0 Å². The first-order valence-corrected chi connectivity index (χ1v) is 9.91. The third kappa shape index (κ3) is 7.94. The number of benzene rings is 3. The second-order valence-corrected chi connectivity index (χ2v) is 7.08. The third-order valence-corrected chi connectivity index (χ3v) is 4.66. The Kier molecular flexibility index (Phi) is 9.25. The summed E-state index contributed by atoms with van der Waals surface area (Å²) in [6.45, 7) is 2.80. The largest absolute Gasteiger partial charge is 0.478 e. The van der Waals surface area contributed by atoms with Crippen molar-refractivity contribution in [3.8, 4) is 0 Å². The van der Waals surface area contributed by atoms with Gasteiger partial charge in [0.05, 0.1) is 5.56 Å². The Hall–Kier alpha value is -2.63. The van der Waals surface area contributed by atoms with E-state index in [1.807, 2.05) is 0 Å². The number of carboxylic acid groups (broad SMARTS) is 1. The molecule has 3 aromatic carbocycles. The number of carbonyl (C=O) groups is 1. The Morgan fingerprint density at radius 2 is 1.57 bits per heavy atom. The first-order chi connectivity index (χ1) is 13.6. The number of halogens is 1. The zero-order chi connectivity index (χ0) is 20.2. The van der Waals surface area contributed by atoms with E-state index in [1.165, 1.54) is 42.5 Å². The molecule has 0 spiro atoms. The molecule has 3 nitrogen and oxygen atoms in total. The van der Waals surface area contributed by atoms with Gasteiger partial charge in [-0.15, -0.1) is 0 Å². The van der Waals surface area contributed by atoms with Crippen LogP contribution in [0.25, 0.3) is 0 Å². The lowest BCUT2D eigenvalue weighted by atomic mass is 10.1. The molecule has 5 heteroatoms. The highest BCUT2D eigenvalue weighted by atomic mass is 32.2. The van der Waals surface area contributed by atoms with Gasteiger partial charge >= 0.3 is 5.97 Å². The van der Waals surface area contributed by atoms with Crippen LogP contribution in [0.4, 0.5) is 4.39 Å². The summed E-state index contributed by atoms with van der Waals surface area (Å²) in [5, 5.41) is 8.77. The lowest BCUT2D eigenvalue weighted by Gasteiger charge is -2.04. The van der Waals surface area contributed by atoms with Crippen molar-refractivity contribution in [3.63, 3.8) is 0 Å². The van der Waals surface area contributed by atoms with Gasteiger partial charge in [-0.25, -0.2) is 9.18 Å². The van der Waals surface area contributed by atoms with Crippen LogP contribution in [-0.2, 0) is 13.0 Å². The molecule has 0 bridgehead atoms. The van der Waals surface area contributed by atoms with Gasteiger partial charge in [0.25, 0.3) is 0 Å². The number of aryl methyl sites for hydroxylation is 1. The number of rotatable bonds is 7. The lowest BCUT2D eigenvalue weighted by molar-refractivity contribution is 0.0697. The molecule has 0 fully saturated rings. The van der Waals surface area contributed by atoms with Crippen LogP contribution in [0.2, 0.25) is 0 Å². The van der Waals surface area contributed by atoms with Crippen molar-refractivity contribution < 1.29 is 14.3 Å². The maximum absolute atomic E-state index is 12.7. The van der Waals surface area contributed by atoms with E-state index in [2.05, 4.69) is 42.0 Å². The predicted molar refractivity (Wildman–Crippen MR) is 113 cm³/mol. The molecule has 0 aliphatic heterocycles. The smallest absolute Gasteiger partial charge is 0.335 e. The summed E-state index contributed by atoms with van der Waals surface area (Å²) in [6.07, 6.45) is 2.45. The number of carboxylic acids is 1. The number of hydrogen-bond acceptors (Lipinski definition) is 3. The van der Waals surface area contributed by atoms with Crippen LogP contribution in [0.3, 0.4) is 0 Å². The quantitative estimate of drug-likeness (QED) is 0.483. The fourth-order valence-corrected chi connectivity index (χ4v) is 3.08. The minimum absolute atomic E-state index is 0.256. The van der Waals surface area contributed by atoms with Gasteiger partial charge in [0.2, 0.25) is 0 Å². The van der Waals surface area contributed by atoms with E-state index in [0.29, 0.717) is 6.54 Å². The van der Waals surface area contributed by atoms with Crippen LogP contribution < -0.4 is 4.72 Å². The molecule has 0 aliphatic carbocycles. The molecule has 2 N–H and O–H groups in total. The number of aromatic carboxylic acids is 1. The van der Waals surface area contributed by atoms with Gasteiger partial charge in [-0.1, -0.05) is 55.8 Å². The number of hydrogen-bond donors (Lipinski definition) is 2. The normalized spacial score (nSPS) is 10.1. The maximum atomic E-state index is 12.7. The maximum Gasteiger partial charge on any atom is 0.335 e. The first kappa shape index (κ1) is 21.7. The average molecular weight is 398 g/mol. The summed E-state index contributed by atoms with van der Waals surface area (Å²) in [5.74, 6) is -1.19. The highest BCUT2D eigenvalue weighted by Crippen LogP contribution is 2.15. The molecule has 0 heterocycles. The van der Waals surface area contributed by atoms with Crippen molar-refractivity contribution >= 4 is 17.9 Å². The highest BCUT2D eigenvalue weighted by Gasteiger charge is 2.01. The highest BCUT2D eigenvalue weighted by molar-refractivity contribution is 7.97. The number of nitrogens with one attached hydrogen (secondary N) is 1. The summed E-state index contributed by atoms with van der Waals surface area (Å²) in [4.78, 5) is 11.6. The first-order valence-electron chi connectivity index (χ1n) is 9.10. The lowest BCUT2D eigenvalue weighted by Crippen LogP contribution is -2.03. The predicted octanol–water partition coefficient (Wildman–Crippen LogP) is 5.96. The monoisotopic (exact) mass is 397 g/mol. The fourth-order valence-electron chi connectivity index (χ4n) is 2.40. The van der Waals surface area contributed by atoms with Gasteiger partial charge in [-0.05, 0) is 65.9 Å². The average Bonchev–Trinajstić information content (AvgIpc) is 2.71. The summed E-state index contributed by atoms with van der Waals surface area (Å²) >= 11 is 1.40. The van der Waals surface area contributed by atoms with Crippen LogP contribution >= 0.6 is 11.9 Å². The SMILES string of the molecule is CCCc1ccccc1.O=C(O)c1ccc(CNSc2ccc(F)cc2)cc1. The van der Waals surface area contributed by atoms with Crippen LogP contribution in [0, 0.1) is 5.82 Å². The van der Waals surface area contributed by atoms with E-state index >= 15 is 0 Å². The molecule has 28 heavy (non-hydrogen) atoms. The second kappa shape index (κ2) is 12.0. The van der Waals surface area contributed by atoms with E-state index in [-0.39, 0.29) is 11.4 Å². The minimum Gasteiger partial charge on any atom is -0.478 e. The Bertz CT molecular complexity index is 837. The van der Waals surface area contributed by atoms with Crippen molar-refractivity contribution in [2.75, 3.05) is 0 Å². The van der Waals surface area contributed by atoms with Crippen LogP contribution in [-0.4, -0.2) is 11.1 Å². The van der Waals surface area contributed by atoms with Gasteiger partial charge < -0.3 is 5.11 Å². The molecule has 0 aliphatic rings. The summed E-state index contributed by atoms with van der Waals surface area (Å²) < 4.78 is 15.8. The van der Waals surface area contributed by atoms with E-state index in [9.17, 15) is 9.18 Å². The summed E-state index contributed by atoms with van der Waals surface area (Å²) in [7, 11) is 0. The molecule has 0 unspecified atom stereocenters. The molecule has 146 valence electrons. The second-order valence-electron chi connectivity index (χ2n) is 6.11. The Morgan fingerprint density at radius 1 is 0.929 bits per heavy atom. The topological polar surface area (TPSA) is 49.3 Å². The van der Waals surface area contributed by atoms with Crippen molar-refractivity contribution in [2.45, 2.75) is 31.2 Å². The standard InChI is InChI=1S/C14H12FNO2S.C9H12/c15-12-5-7-13(8-6-12)19-16-9-10-1-3-11(4-2-10)14(17)18;1-2-6-9-7-4-3-5-8-9/h1-8,16H,9H2,(H,17,18);3-5,7-8H,2,6H2,1H3. The molecule has 0 atom stereocenters. The molecule has 0 aromatic heterocycles. The molecular formula is C23H24FNO2S. The molecule has 0 radical (unpaired) electrons. The molecule has 0 saturated carbocycles. The zero-order valence-electron chi connectivity index (χ0n) is 15.8. The molecule has 0 amide bonds. The fraction of sp³-hybridized carbons (Fsp3) is 0.174. The summed E-state index contributed by atoms with van der Waals surface area (Å²) in [5.41, 5.74) is 2.70. The zero-order valence-corrected chi connectivity index (χ0v) is 16.6. The van der Waals surface area contributed by atoms with Gasteiger partial charge in [-0.2, -0.15) is 0 Å². The van der Waals surface area contributed by atoms with E-state index in [4.69, 9.17) is 5.11 Å². The van der Waals surface area contributed by atoms with E-state index in [0.717, 1.165) is 10.5 Å². The Morgan fingerprint density at radius 3 is 2.14 bits per heavy atom. The van der Waals surface area contributed by atoms with Gasteiger partial charge in [0, 0.05) is 11.4 Å². The third-order valence-electron chi connectivity index (χ3n) is 3.86. The molecule has 0 saturated heterocycles. The van der Waals surface area contributed by atoms with E-state index in [1.54, 1.807) is 36.4 Å². The minimum atomic E-state index is -0.930. The van der Waals surface area contributed by atoms with Crippen molar-refractivity contribution in [2.24, 2.45) is 0 Å². The van der Waals surface area contributed by atoms with Crippen LogP contribution in [0.15, 0.2) is 83.8 Å². The Balaban J connectivity index is 0.000000261. The molecule has 3 rings (SSSR count). The Labute approximate surface area is 169 Å². The van der Waals surface area contributed by atoms with Crippen LogP contribution in [0.1, 0.15) is 34.8 Å². The van der Waals surface area contributed by atoms with Gasteiger partial charge in [0.1, 0.15) is 5.82 Å². The molecule has 3 aromatic rings. The van der Waals surface area contributed by atoms with Gasteiger partial charge in [-0.3, -0.25) is 4.72 Å². The van der Waals surface area contributed by atoms with Crippen molar-refractivity contribution in [1.29, 1.82) is 0 Å². The summed E-state index contributed by atoms with van der Waals surface area (Å²) in [6, 6.07) is 23.5. The van der Waals surface area contributed by atoms with E-state index < -0.39 is 5.97 Å². The van der Waals surface area contributed by atoms with Crippen molar-refractivity contribution in [3.05, 3.63) is 101 Å². The van der Waals surface area contributed by atoms with Crippen LogP contribution in [0.5, 0.6) is 0 Å². The van der Waals surface area contributed by atoms with Crippen molar-refractivity contribution in [1.82, 2.24) is 4.72 Å². The molecular weight excluding hydrogens is 373 g/mol.